The maximum absolute atomic E-state index is 11.8. The molecule has 1 heterocycles. The zero-order chi connectivity index (χ0) is 14.2. The van der Waals surface area contributed by atoms with Gasteiger partial charge in [0.2, 0.25) is 5.95 Å². The molecule has 2 aliphatic carbocycles. The van der Waals surface area contributed by atoms with Crippen LogP contribution in [0.1, 0.15) is 50.5 Å². The molecule has 6 heteroatoms. The number of alkyl carbamates (subject to hydrolysis) is 1. The number of rotatable bonds is 3. The average Bonchev–Trinajstić information content (AvgIpc) is 2.94. The molecule has 2 saturated carbocycles. The summed E-state index contributed by atoms with van der Waals surface area (Å²) in [7, 11) is 0. The van der Waals surface area contributed by atoms with Crippen molar-refractivity contribution in [1.29, 1.82) is 0 Å². The fraction of sp³-hybridized carbons (Fsp3) is 0.643. The number of aromatic nitrogens is 2. The maximum Gasteiger partial charge on any atom is 0.407 e. The SMILES string of the molecule is CC1(NC(=O)OC2CCC(c3cnc(N)nc3)C2)CC1. The van der Waals surface area contributed by atoms with Crippen LogP contribution in [0.15, 0.2) is 12.4 Å². The summed E-state index contributed by atoms with van der Waals surface area (Å²) < 4.78 is 5.49. The van der Waals surface area contributed by atoms with Gasteiger partial charge in [-0.25, -0.2) is 14.8 Å². The van der Waals surface area contributed by atoms with Crippen LogP contribution in [0.5, 0.6) is 0 Å². The zero-order valence-electron chi connectivity index (χ0n) is 11.6. The Morgan fingerprint density at radius 1 is 1.40 bits per heavy atom. The smallest absolute Gasteiger partial charge is 0.407 e. The number of nitrogen functional groups attached to an aromatic ring is 1. The van der Waals surface area contributed by atoms with Gasteiger partial charge in [-0.15, -0.1) is 0 Å². The number of nitrogens with two attached hydrogens (primary N) is 1. The summed E-state index contributed by atoms with van der Waals surface area (Å²) in [4.78, 5) is 19.8. The monoisotopic (exact) mass is 276 g/mol. The highest BCUT2D eigenvalue weighted by atomic mass is 16.6. The van der Waals surface area contributed by atoms with Gasteiger partial charge in [0.15, 0.2) is 0 Å². The summed E-state index contributed by atoms with van der Waals surface area (Å²) in [6.45, 7) is 2.04. The number of amides is 1. The third kappa shape index (κ3) is 3.00. The van der Waals surface area contributed by atoms with E-state index in [4.69, 9.17) is 10.5 Å². The molecule has 2 atom stereocenters. The van der Waals surface area contributed by atoms with Gasteiger partial charge in [-0.2, -0.15) is 0 Å². The van der Waals surface area contributed by atoms with E-state index in [2.05, 4.69) is 15.3 Å². The van der Waals surface area contributed by atoms with E-state index in [1.807, 2.05) is 6.92 Å². The quantitative estimate of drug-likeness (QED) is 0.881. The highest BCUT2D eigenvalue weighted by Gasteiger charge is 2.40. The number of carbonyl (C=O) groups is 1. The van der Waals surface area contributed by atoms with Gasteiger partial charge in [0.1, 0.15) is 6.10 Å². The molecule has 1 aromatic rings. The topological polar surface area (TPSA) is 90.1 Å². The standard InChI is InChI=1S/C14H20N4O2/c1-14(4-5-14)18-13(19)20-11-3-2-9(6-11)10-7-16-12(15)17-8-10/h7-9,11H,2-6H2,1H3,(H,18,19)(H2,15,16,17). The highest BCUT2D eigenvalue weighted by molar-refractivity contribution is 5.69. The lowest BCUT2D eigenvalue weighted by Crippen LogP contribution is -2.36. The fourth-order valence-electron chi connectivity index (χ4n) is 2.65. The van der Waals surface area contributed by atoms with Crippen LogP contribution in [0.25, 0.3) is 0 Å². The Morgan fingerprint density at radius 2 is 2.10 bits per heavy atom. The van der Waals surface area contributed by atoms with Gasteiger partial charge in [0, 0.05) is 17.9 Å². The van der Waals surface area contributed by atoms with Gasteiger partial charge in [0.25, 0.3) is 0 Å². The van der Waals surface area contributed by atoms with Crippen LogP contribution in [0.2, 0.25) is 0 Å². The number of anilines is 1. The van der Waals surface area contributed by atoms with Crippen molar-refractivity contribution in [2.75, 3.05) is 5.73 Å². The number of nitrogens with zero attached hydrogens (tertiary/aromatic N) is 2. The van der Waals surface area contributed by atoms with Crippen LogP contribution in [-0.4, -0.2) is 27.7 Å². The normalized spacial score (nSPS) is 27.1. The molecule has 1 amide bonds. The van der Waals surface area contributed by atoms with Crippen molar-refractivity contribution >= 4 is 12.0 Å². The molecule has 0 saturated heterocycles. The second kappa shape index (κ2) is 4.92. The molecule has 2 fully saturated rings. The third-order valence-electron chi connectivity index (χ3n) is 4.23. The average molecular weight is 276 g/mol. The molecule has 0 bridgehead atoms. The molecule has 3 rings (SSSR count). The lowest BCUT2D eigenvalue weighted by molar-refractivity contribution is 0.0967. The van der Waals surface area contributed by atoms with Crippen LogP contribution in [0, 0.1) is 0 Å². The van der Waals surface area contributed by atoms with Gasteiger partial charge in [0.05, 0.1) is 0 Å². The molecular weight excluding hydrogens is 256 g/mol. The van der Waals surface area contributed by atoms with E-state index in [-0.39, 0.29) is 23.7 Å². The first kappa shape index (κ1) is 13.1. The predicted molar refractivity (Wildman–Crippen MR) is 74.1 cm³/mol. The molecule has 0 aliphatic heterocycles. The molecule has 20 heavy (non-hydrogen) atoms. The number of ether oxygens (including phenoxy) is 1. The van der Waals surface area contributed by atoms with Crippen LogP contribution in [-0.2, 0) is 4.74 Å². The van der Waals surface area contributed by atoms with E-state index in [1.54, 1.807) is 12.4 Å². The second-order valence-corrected chi connectivity index (χ2v) is 6.10. The predicted octanol–water partition coefficient (Wildman–Crippen LogP) is 1.97. The lowest BCUT2D eigenvalue weighted by Gasteiger charge is -2.16. The van der Waals surface area contributed by atoms with Gasteiger partial charge in [-0.1, -0.05) is 0 Å². The molecule has 0 radical (unpaired) electrons. The molecule has 2 aliphatic rings. The Labute approximate surface area is 118 Å². The lowest BCUT2D eigenvalue weighted by atomic mass is 10.0. The van der Waals surface area contributed by atoms with Crippen molar-refractivity contribution in [2.24, 2.45) is 0 Å². The van der Waals surface area contributed by atoms with Crippen LogP contribution >= 0.6 is 0 Å². The summed E-state index contributed by atoms with van der Waals surface area (Å²) in [5.41, 5.74) is 6.52. The first-order chi connectivity index (χ1) is 9.54. The van der Waals surface area contributed by atoms with Crippen molar-refractivity contribution < 1.29 is 9.53 Å². The van der Waals surface area contributed by atoms with Gasteiger partial charge in [-0.05, 0) is 50.5 Å². The largest absolute Gasteiger partial charge is 0.446 e. The summed E-state index contributed by atoms with van der Waals surface area (Å²) in [5.74, 6) is 0.640. The first-order valence-electron chi connectivity index (χ1n) is 7.10. The number of nitrogens with one attached hydrogen (secondary N) is 1. The minimum Gasteiger partial charge on any atom is -0.446 e. The summed E-state index contributed by atoms with van der Waals surface area (Å²) in [6, 6.07) is 0. The Bertz CT molecular complexity index is 498. The number of hydrogen-bond acceptors (Lipinski definition) is 5. The van der Waals surface area contributed by atoms with Crippen LogP contribution in [0.3, 0.4) is 0 Å². The van der Waals surface area contributed by atoms with Crippen molar-refractivity contribution in [2.45, 2.75) is 56.6 Å². The molecule has 108 valence electrons. The minimum atomic E-state index is -0.288. The van der Waals surface area contributed by atoms with Crippen LogP contribution in [0.4, 0.5) is 10.7 Å². The summed E-state index contributed by atoms with van der Waals surface area (Å²) >= 11 is 0. The molecule has 6 nitrogen and oxygen atoms in total. The minimum absolute atomic E-state index is 0.0140. The van der Waals surface area contributed by atoms with E-state index >= 15 is 0 Å². The van der Waals surface area contributed by atoms with Crippen LogP contribution < -0.4 is 11.1 Å². The Kier molecular flexibility index (Phi) is 3.23. The Morgan fingerprint density at radius 3 is 2.75 bits per heavy atom. The molecule has 3 N–H and O–H groups in total. The van der Waals surface area contributed by atoms with Gasteiger partial charge < -0.3 is 15.8 Å². The van der Waals surface area contributed by atoms with Gasteiger partial charge in [-0.3, -0.25) is 0 Å². The summed E-state index contributed by atoms with van der Waals surface area (Å²) in [6.07, 6.45) is 8.01. The van der Waals surface area contributed by atoms with E-state index in [9.17, 15) is 4.79 Å². The number of carbonyl (C=O) groups excluding carboxylic acids is 1. The highest BCUT2D eigenvalue weighted by Crippen LogP contribution is 2.37. The van der Waals surface area contributed by atoms with E-state index in [0.29, 0.717) is 5.92 Å². The van der Waals surface area contributed by atoms with Gasteiger partial charge >= 0.3 is 6.09 Å². The number of hydrogen-bond donors (Lipinski definition) is 2. The molecule has 1 aromatic heterocycles. The molecular formula is C14H20N4O2. The first-order valence-corrected chi connectivity index (χ1v) is 7.10. The zero-order valence-corrected chi connectivity index (χ0v) is 11.6. The van der Waals surface area contributed by atoms with Crippen molar-refractivity contribution in [3.63, 3.8) is 0 Å². The maximum atomic E-state index is 11.8. The van der Waals surface area contributed by atoms with E-state index < -0.39 is 0 Å². The third-order valence-corrected chi connectivity index (χ3v) is 4.23. The fourth-order valence-corrected chi connectivity index (χ4v) is 2.65. The van der Waals surface area contributed by atoms with Crippen molar-refractivity contribution in [3.8, 4) is 0 Å². The molecule has 0 aromatic carbocycles. The second-order valence-electron chi connectivity index (χ2n) is 6.10. The summed E-state index contributed by atoms with van der Waals surface area (Å²) in [5, 5.41) is 2.92. The van der Waals surface area contributed by atoms with E-state index in [1.165, 1.54) is 0 Å². The Hall–Kier alpha value is -1.85. The van der Waals surface area contributed by atoms with Crippen molar-refractivity contribution in [3.05, 3.63) is 18.0 Å². The van der Waals surface area contributed by atoms with E-state index in [0.717, 1.165) is 37.7 Å². The molecule has 2 unspecified atom stereocenters. The molecule has 0 spiro atoms. The Balaban J connectivity index is 1.51. The van der Waals surface area contributed by atoms with Crippen molar-refractivity contribution in [1.82, 2.24) is 15.3 Å².